The Morgan fingerprint density at radius 3 is 1.50 bits per heavy atom. The number of rotatable bonds is 4. The Balaban J connectivity index is 0.000000617. The van der Waals surface area contributed by atoms with Crippen molar-refractivity contribution in [3.8, 4) is 0 Å². The van der Waals surface area contributed by atoms with E-state index in [2.05, 4.69) is 50.0 Å². The third-order valence-corrected chi connectivity index (χ3v) is 7.11. The maximum atomic E-state index is 5.28. The van der Waals surface area contributed by atoms with Crippen molar-refractivity contribution in [1.82, 2.24) is 0 Å². The number of allylic oxidation sites excluding steroid dienone is 1. The van der Waals surface area contributed by atoms with E-state index >= 15 is 0 Å². The Bertz CT molecular complexity index is 612. The number of hydrogen-bond donors (Lipinski definition) is 0. The van der Waals surface area contributed by atoms with Gasteiger partial charge in [-0.25, -0.2) is 5.20 Å². The Kier molecular flexibility index (Phi) is 16.0. The average Bonchev–Trinajstić information content (AvgIpc) is 3.36. The predicted octanol–water partition coefficient (Wildman–Crippen LogP) is 6.82. The molecule has 0 unspecified atom stereocenters. The summed E-state index contributed by atoms with van der Waals surface area (Å²) in [6, 6.07) is 7.81. The van der Waals surface area contributed by atoms with Gasteiger partial charge in [-0.05, 0) is 78.3 Å². The summed E-state index contributed by atoms with van der Waals surface area (Å²) in [7, 11) is -2.76. The van der Waals surface area contributed by atoms with E-state index in [4.69, 9.17) is 12.6 Å². The van der Waals surface area contributed by atoms with Crippen molar-refractivity contribution in [3.05, 3.63) is 99.4 Å². The molecule has 2 aliphatic carbocycles. The molecule has 3 rings (SSSR count). The van der Waals surface area contributed by atoms with Crippen molar-refractivity contribution in [3.63, 3.8) is 0 Å². The second-order valence-corrected chi connectivity index (χ2v) is 18.9. The molecule has 0 saturated heterocycles. The second kappa shape index (κ2) is 15.9. The van der Waals surface area contributed by atoms with Gasteiger partial charge in [-0.2, -0.15) is 4.90 Å². The van der Waals surface area contributed by atoms with E-state index in [0.29, 0.717) is 0 Å². The Hall–Kier alpha value is 0.167. The number of para-hydroxylation sites is 1. The molecule has 5 heteroatoms. The molecule has 2 saturated carbocycles. The smallest absolute Gasteiger partial charge is 0.778 e. The molecule has 1 nitrogen and oxygen atoms in total. The van der Waals surface area contributed by atoms with Crippen LogP contribution in [0.2, 0.25) is 39.3 Å². The van der Waals surface area contributed by atoms with Crippen molar-refractivity contribution in [2.24, 2.45) is 4.99 Å². The molecule has 0 heterocycles. The van der Waals surface area contributed by atoms with Gasteiger partial charge in [0.1, 0.15) is 0 Å². The minimum Gasteiger partial charge on any atom is -0.778 e. The van der Waals surface area contributed by atoms with Gasteiger partial charge in [0.05, 0.1) is 0 Å². The molecule has 2 aliphatic rings. The van der Waals surface area contributed by atoms with Crippen LogP contribution in [-0.4, -0.2) is 22.4 Å². The molecule has 0 atom stereocenters. The number of benzene rings is 1. The van der Waals surface area contributed by atoms with Crippen molar-refractivity contribution in [1.29, 1.82) is 0 Å². The summed E-state index contributed by atoms with van der Waals surface area (Å²) in [6.45, 7) is 13.9. The summed E-state index contributed by atoms with van der Waals surface area (Å²) in [6.07, 6.45) is 22.0. The first kappa shape index (κ1) is 30.2. The first-order valence-corrected chi connectivity index (χ1v) is 17.3. The van der Waals surface area contributed by atoms with E-state index in [-0.39, 0.29) is 26.2 Å². The zero-order chi connectivity index (χ0) is 21.8. The maximum Gasteiger partial charge on any atom is 4.00 e. The molecular weight excluding hydrogens is 494 g/mol. The van der Waals surface area contributed by atoms with Crippen molar-refractivity contribution < 1.29 is 26.2 Å². The Labute approximate surface area is 214 Å². The van der Waals surface area contributed by atoms with Crippen LogP contribution in [0.1, 0.15) is 0 Å². The summed E-state index contributed by atoms with van der Waals surface area (Å²) in [5.74, 6) is 0. The summed E-state index contributed by atoms with van der Waals surface area (Å²) in [4.78, 5) is 5.39. The van der Waals surface area contributed by atoms with Gasteiger partial charge in [-0.1, -0.05) is 57.5 Å². The number of hydrogen-bond acceptors (Lipinski definition) is 2. The SMILES string of the molecule is C[Si](C)(C)[C-]=C(C=Nc1ccccc1[S-])[Si](C)(C)C.[CH]1[CH][CH][CH][CH]1.[CH]1[CH][CH][CH][CH]1.[Zr+4]. The van der Waals surface area contributed by atoms with Crippen molar-refractivity contribution in [2.45, 2.75) is 44.2 Å². The molecule has 30 heavy (non-hydrogen) atoms. The zero-order valence-electron chi connectivity index (χ0n) is 19.0. The molecule has 0 aliphatic heterocycles. The van der Waals surface area contributed by atoms with Crippen LogP contribution in [0.25, 0.3) is 0 Å². The van der Waals surface area contributed by atoms with Crippen LogP contribution in [-0.2, 0) is 38.8 Å². The van der Waals surface area contributed by atoms with Crippen LogP contribution in [0, 0.1) is 69.9 Å². The van der Waals surface area contributed by atoms with E-state index in [1.54, 1.807) is 0 Å². The molecule has 0 N–H and O–H groups in total. The van der Waals surface area contributed by atoms with E-state index < -0.39 is 16.1 Å². The molecule has 0 bridgehead atoms. The van der Waals surface area contributed by atoms with Gasteiger partial charge < -0.3 is 17.6 Å². The van der Waals surface area contributed by atoms with Crippen LogP contribution in [0.4, 0.5) is 5.69 Å². The maximum absolute atomic E-state index is 5.28. The second-order valence-electron chi connectivity index (χ2n) is 8.69. The van der Waals surface area contributed by atoms with Crippen LogP contribution < -0.4 is 0 Å². The molecule has 10 radical (unpaired) electrons. The summed E-state index contributed by atoms with van der Waals surface area (Å²) in [5, 5.41) is 1.31. The van der Waals surface area contributed by atoms with Gasteiger partial charge >= 0.3 is 26.2 Å². The predicted molar refractivity (Wildman–Crippen MR) is 137 cm³/mol. The minimum atomic E-state index is -1.41. The zero-order valence-corrected chi connectivity index (χ0v) is 24.3. The fourth-order valence-corrected chi connectivity index (χ4v) is 6.31. The average molecular weight is 527 g/mol. The monoisotopic (exact) mass is 525 g/mol. The molecule has 0 spiro atoms. The quantitative estimate of drug-likeness (QED) is 0.181. The van der Waals surface area contributed by atoms with E-state index in [1.165, 1.54) is 5.20 Å². The summed E-state index contributed by atoms with van der Waals surface area (Å²) in [5.41, 5.74) is 4.60. The van der Waals surface area contributed by atoms with Gasteiger partial charge in [0.2, 0.25) is 0 Å². The molecule has 154 valence electrons. The van der Waals surface area contributed by atoms with Gasteiger partial charge in [-0.3, -0.25) is 5.70 Å². The Morgan fingerprint density at radius 1 is 0.767 bits per heavy atom. The van der Waals surface area contributed by atoms with Crippen LogP contribution in [0.15, 0.2) is 39.3 Å². The van der Waals surface area contributed by atoms with Gasteiger partial charge in [-0.15, -0.1) is 6.21 Å². The Morgan fingerprint density at radius 2 is 1.17 bits per heavy atom. The molecule has 0 aromatic heterocycles. The van der Waals surface area contributed by atoms with Crippen molar-refractivity contribution >= 4 is 40.7 Å². The summed E-state index contributed by atoms with van der Waals surface area (Å²) >= 11 is 5.28. The normalized spacial score (nSPS) is 16.9. The van der Waals surface area contributed by atoms with Crippen LogP contribution in [0.3, 0.4) is 0 Å². The minimum absolute atomic E-state index is 0. The van der Waals surface area contributed by atoms with Gasteiger partial charge in [0.25, 0.3) is 0 Å². The van der Waals surface area contributed by atoms with Crippen molar-refractivity contribution in [2.75, 3.05) is 0 Å². The molecule has 2 fully saturated rings. The first-order valence-electron chi connectivity index (χ1n) is 9.89. The van der Waals surface area contributed by atoms with E-state index in [0.717, 1.165) is 10.6 Å². The first-order chi connectivity index (χ1) is 13.6. The van der Waals surface area contributed by atoms with Crippen LogP contribution >= 0.6 is 0 Å². The number of nitrogens with zero attached hydrogens (tertiary/aromatic N) is 1. The van der Waals surface area contributed by atoms with Crippen LogP contribution in [0.5, 0.6) is 0 Å². The van der Waals surface area contributed by atoms with E-state index in [1.807, 2.05) is 94.7 Å². The summed E-state index contributed by atoms with van der Waals surface area (Å²) < 4.78 is 0. The third-order valence-electron chi connectivity index (χ3n) is 3.63. The van der Waals surface area contributed by atoms with Gasteiger partial charge in [0, 0.05) is 13.8 Å². The standard InChI is InChI=1S/C15H24NSSi2.2C5H5.Zr/c1-18(2,3)12-13(19(4,5)6)11-16-14-9-7-8-10-15(14)17;2*1-2-4-5-3-1;/h7-11,17H,1-6H3;2*1-5H;/q-1;;;+4/p-1. The molecular formula is C25H33NSSi2Zr+2. The molecule has 1 aromatic rings. The molecule has 1 aromatic carbocycles. The number of aliphatic imine (C=N–C) groups is 1. The van der Waals surface area contributed by atoms with E-state index in [9.17, 15) is 0 Å². The third kappa shape index (κ3) is 15.0. The largest absolute Gasteiger partial charge is 4.00 e. The van der Waals surface area contributed by atoms with Gasteiger partial charge in [0.15, 0.2) is 0 Å². The molecule has 0 amide bonds. The topological polar surface area (TPSA) is 12.4 Å². The fourth-order valence-electron chi connectivity index (χ4n) is 2.16. The fraction of sp³-hybridized carbons (Fsp3) is 0.240.